The van der Waals surface area contributed by atoms with E-state index >= 15 is 0 Å². The minimum Gasteiger partial charge on any atom is -0.399 e. The summed E-state index contributed by atoms with van der Waals surface area (Å²) in [7, 11) is 0. The fraction of sp³-hybridized carbons (Fsp3) is 0.0291. The third kappa shape index (κ3) is 26.4. The molecule has 16 rings (SSSR count). The van der Waals surface area contributed by atoms with Crippen molar-refractivity contribution in [1.82, 2.24) is 39.9 Å². The third-order valence-corrected chi connectivity index (χ3v) is 20.0. The van der Waals surface area contributed by atoms with Crippen molar-refractivity contribution in [1.29, 1.82) is 0 Å². The quantitative estimate of drug-likeness (QED) is 0.00970. The van der Waals surface area contributed by atoms with Crippen molar-refractivity contribution in [3.8, 4) is 45.0 Å². The van der Waals surface area contributed by atoms with Crippen molar-refractivity contribution in [3.63, 3.8) is 0 Å². The molecular formula is C103H78F7IN16O4. The van der Waals surface area contributed by atoms with Crippen molar-refractivity contribution >= 4 is 141 Å². The molecule has 0 aliphatic heterocycles. The van der Waals surface area contributed by atoms with Gasteiger partial charge < -0.3 is 44.2 Å². The Labute approximate surface area is 761 Å². The van der Waals surface area contributed by atoms with E-state index in [9.17, 15) is 49.9 Å². The fourth-order valence-electron chi connectivity index (χ4n) is 12.5. The first-order valence-electron chi connectivity index (χ1n) is 40.3. The Balaban J connectivity index is 0.000000149. The number of carbonyl (C=O) groups is 4. The summed E-state index contributed by atoms with van der Waals surface area (Å²) in [6, 6.07) is 87.7. The second kappa shape index (κ2) is 44.9. The fourth-order valence-corrected chi connectivity index (χ4v) is 12.8. The Kier molecular flexibility index (Phi) is 31.5. The summed E-state index contributed by atoms with van der Waals surface area (Å²) in [6.07, 6.45) is 19.7. The van der Waals surface area contributed by atoms with Gasteiger partial charge in [-0.25, -0.2) is 70.6 Å². The molecule has 0 unspecified atom stereocenters. The van der Waals surface area contributed by atoms with Crippen molar-refractivity contribution < 1.29 is 49.9 Å². The zero-order chi connectivity index (χ0) is 92.1. The molecule has 4 aromatic heterocycles. The van der Waals surface area contributed by atoms with Gasteiger partial charge in [0.15, 0.2) is 58.2 Å². The van der Waals surface area contributed by atoms with Crippen molar-refractivity contribution in [2.24, 2.45) is 0 Å². The summed E-state index contributed by atoms with van der Waals surface area (Å²) >= 11 is 2.24. The highest BCUT2D eigenvalue weighted by Crippen LogP contribution is 2.31. The largest absolute Gasteiger partial charge is 0.399 e. The van der Waals surface area contributed by atoms with Gasteiger partial charge in [-0.3, -0.25) is 19.2 Å². The summed E-state index contributed by atoms with van der Waals surface area (Å²) in [5.41, 5.74) is 37.6. The summed E-state index contributed by atoms with van der Waals surface area (Å²) in [5, 5.41) is 10.8. The summed E-state index contributed by atoms with van der Waals surface area (Å²) in [4.78, 5) is 86.6. The minimum absolute atomic E-state index is 0.0738. The molecule has 28 heteroatoms. The van der Waals surface area contributed by atoms with Gasteiger partial charge in [-0.15, -0.1) is 0 Å². The predicted octanol–water partition coefficient (Wildman–Crippen LogP) is 22.0. The average molecular weight is 1860 g/mol. The Hall–Kier alpha value is -16.8. The Morgan fingerprint density at radius 3 is 0.878 bits per heavy atom. The maximum atomic E-state index is 14.0. The summed E-state index contributed by atoms with van der Waals surface area (Å²) < 4.78 is 96.1. The van der Waals surface area contributed by atoms with E-state index in [1.807, 2.05) is 255 Å². The molecule has 20 nitrogen and oxygen atoms in total. The molecule has 0 fully saturated rings. The van der Waals surface area contributed by atoms with Crippen molar-refractivity contribution in [2.45, 2.75) is 19.3 Å². The highest BCUT2D eigenvalue weighted by Gasteiger charge is 2.28. The van der Waals surface area contributed by atoms with Gasteiger partial charge in [0, 0.05) is 59.7 Å². The number of benzene rings is 12. The van der Waals surface area contributed by atoms with Crippen LogP contribution in [0.5, 0.6) is 0 Å². The maximum Gasteiger partial charge on any atom is 0.256 e. The van der Waals surface area contributed by atoms with Gasteiger partial charge in [0.1, 0.15) is 22.8 Å². The lowest BCUT2D eigenvalue weighted by molar-refractivity contribution is -0.116. The second-order valence-corrected chi connectivity index (χ2v) is 30.1. The number of nitrogens with zero attached hydrogens (tertiary/aromatic N) is 8. The molecule has 0 radical (unpaired) electrons. The molecule has 650 valence electrons. The molecule has 12 aromatic carbocycles. The first kappa shape index (κ1) is 91.9. The third-order valence-electron chi connectivity index (χ3n) is 19.3. The molecule has 0 spiro atoms. The van der Waals surface area contributed by atoms with E-state index in [0.29, 0.717) is 90.9 Å². The normalized spacial score (nSPS) is 11.0. The smallest absolute Gasteiger partial charge is 0.256 e. The van der Waals surface area contributed by atoms with E-state index in [1.54, 1.807) is 85.3 Å². The summed E-state index contributed by atoms with van der Waals surface area (Å²) in [6.45, 7) is 0. The number of hydrogen-bond acceptors (Lipinski definition) is 16. The molecule has 4 heterocycles. The van der Waals surface area contributed by atoms with Crippen LogP contribution in [-0.4, -0.2) is 63.5 Å². The van der Waals surface area contributed by atoms with E-state index in [0.717, 1.165) is 60.2 Å². The Bertz CT molecular complexity index is 6790. The lowest BCUT2D eigenvalue weighted by atomic mass is 10.1. The van der Waals surface area contributed by atoms with Crippen LogP contribution in [0, 0.1) is 44.3 Å². The monoisotopic (exact) mass is 1860 g/mol. The highest BCUT2D eigenvalue weighted by atomic mass is 127. The van der Waals surface area contributed by atoms with Gasteiger partial charge in [0.25, 0.3) is 5.91 Å². The van der Waals surface area contributed by atoms with Gasteiger partial charge >= 0.3 is 0 Å². The Morgan fingerprint density at radius 1 is 0.290 bits per heavy atom. The van der Waals surface area contributed by atoms with E-state index in [2.05, 4.69) is 73.8 Å². The number of halogens is 8. The number of nitrogen functional groups attached to an aromatic ring is 4. The molecular weight excluding hydrogens is 1790 g/mol. The lowest BCUT2D eigenvalue weighted by Crippen LogP contribution is -2.20. The van der Waals surface area contributed by atoms with Crippen molar-refractivity contribution in [3.05, 3.63) is 428 Å². The molecule has 16 aromatic rings. The number of amides is 4. The predicted molar refractivity (Wildman–Crippen MR) is 512 cm³/mol. The van der Waals surface area contributed by atoms with Crippen LogP contribution in [0.25, 0.3) is 93.6 Å². The van der Waals surface area contributed by atoms with Crippen LogP contribution in [0.3, 0.4) is 0 Å². The zero-order valence-corrected chi connectivity index (χ0v) is 71.5. The van der Waals surface area contributed by atoms with E-state index in [-0.39, 0.29) is 42.0 Å². The van der Waals surface area contributed by atoms with Gasteiger partial charge in [-0.2, -0.15) is 0 Å². The molecule has 0 bridgehead atoms. The highest BCUT2D eigenvalue weighted by molar-refractivity contribution is 14.1. The number of rotatable bonds is 23. The van der Waals surface area contributed by atoms with Gasteiger partial charge in [0.05, 0.1) is 66.8 Å². The number of aromatic nitrogens is 8. The number of carbonyl (C=O) groups excluding carboxylic acids is 4. The topological polar surface area (TPSA) is 324 Å². The SMILES string of the molecule is Nc1ccc(-c2cnc(NC(=O)Cc3c(F)c(F)c(F)c(F)c3F)c(/C=C/c3ccccc3)n2)cc1.Nc1ccc(-c2cnc(NC(=O)Cc3ccc(F)c(F)c3)c(/C=C/c3ccccc3)n2)cc1.Nc1ccc(-c2cnc(NC(=O)Cc3ccc(I)cc3)c(/C=C/c3ccccc3)n2)cc1.Nc1ccc(-c2cnc(NC(=O)c3ccccc3)c(/C=C/c3ccccc3)n2)cc1. The number of anilines is 8. The first-order chi connectivity index (χ1) is 63.5. The van der Waals surface area contributed by atoms with Gasteiger partial charge in [-0.05, 0) is 165 Å². The van der Waals surface area contributed by atoms with Crippen LogP contribution in [0.2, 0.25) is 0 Å². The molecule has 0 saturated carbocycles. The molecule has 0 aliphatic carbocycles. The standard InChI is InChI=1S/C26H17F5N4O.C26H20F2N4O.C26H21IN4O.C25H20N4O/c27-21-17(22(28)24(30)25(31)23(21)29)12-20(36)35-26-18(11-6-14-4-2-1-3-5-14)34-19(13-33-26)15-7-9-16(32)10-8-15;27-21-12-6-18(14-22(21)28)15-25(33)32-26-23(13-7-17-4-2-1-3-5-17)31-24(16-30-26)19-8-10-20(29)11-9-19;27-21-11-6-19(7-12-21)16-25(32)31-26-23(15-8-18-4-2-1-3-5-18)30-24(17-29-26)20-9-13-22(28)14-10-20;26-21-14-12-19(13-15-21)23-17-27-24(29-25(30)20-9-5-2-6-10-20)22(28-23)16-11-18-7-3-1-4-8-18/h1-11,13H,12,32H2,(H,33,35,36);1-14,16H,15,29H2,(H,30,32,33);1-15,17H,16,28H2,(H,29,31,32);1-17H,26H2,(H,27,29,30)/b11-6+;13-7+;15-8+;16-11+. The molecule has 0 aliphatic rings. The number of nitrogens with two attached hydrogens (primary N) is 4. The van der Waals surface area contributed by atoms with Crippen LogP contribution in [0.15, 0.2) is 316 Å². The van der Waals surface area contributed by atoms with Crippen LogP contribution in [0.1, 0.15) is 72.1 Å². The first-order valence-corrected chi connectivity index (χ1v) is 41.3. The number of nitrogens with one attached hydrogen (secondary N) is 4. The zero-order valence-electron chi connectivity index (χ0n) is 69.3. The summed E-state index contributed by atoms with van der Waals surface area (Å²) in [5.74, 6) is -13.5. The maximum absolute atomic E-state index is 14.0. The van der Waals surface area contributed by atoms with E-state index < -0.39 is 64.5 Å². The van der Waals surface area contributed by atoms with Crippen LogP contribution in [-0.2, 0) is 33.6 Å². The molecule has 4 amide bonds. The van der Waals surface area contributed by atoms with Gasteiger partial charge in [-0.1, -0.05) is 231 Å². The van der Waals surface area contributed by atoms with E-state index in [1.165, 1.54) is 12.3 Å². The molecule has 0 atom stereocenters. The lowest BCUT2D eigenvalue weighted by Gasteiger charge is -2.11. The Morgan fingerprint density at radius 2 is 0.565 bits per heavy atom. The van der Waals surface area contributed by atoms with E-state index in [4.69, 9.17) is 32.9 Å². The van der Waals surface area contributed by atoms with Crippen molar-refractivity contribution in [2.75, 3.05) is 44.2 Å². The molecule has 0 saturated heterocycles. The minimum atomic E-state index is -2.30. The second-order valence-electron chi connectivity index (χ2n) is 28.8. The molecule has 12 N–H and O–H groups in total. The van der Waals surface area contributed by atoms with Crippen LogP contribution >= 0.6 is 22.6 Å². The number of hydrogen-bond donors (Lipinski definition) is 8. The van der Waals surface area contributed by atoms with Crippen LogP contribution in [0.4, 0.5) is 76.8 Å². The van der Waals surface area contributed by atoms with Crippen LogP contribution < -0.4 is 44.2 Å². The van der Waals surface area contributed by atoms with Gasteiger partial charge in [0.2, 0.25) is 23.5 Å². The average Bonchev–Trinajstić information content (AvgIpc) is 0.789. The molecule has 131 heavy (non-hydrogen) atoms.